The van der Waals surface area contributed by atoms with Crippen LogP contribution in [0.4, 0.5) is 0 Å². The van der Waals surface area contributed by atoms with Gasteiger partial charge in [0, 0.05) is 31.7 Å². The van der Waals surface area contributed by atoms with Gasteiger partial charge in [-0.25, -0.2) is 15.0 Å². The van der Waals surface area contributed by atoms with Crippen molar-refractivity contribution in [2.75, 3.05) is 6.54 Å². The van der Waals surface area contributed by atoms with E-state index < -0.39 is 0 Å². The molecular weight excluding hydrogens is 320 g/mol. The van der Waals surface area contributed by atoms with Gasteiger partial charge in [-0.2, -0.15) is 11.3 Å². The van der Waals surface area contributed by atoms with Gasteiger partial charge in [0.25, 0.3) is 0 Å². The summed E-state index contributed by atoms with van der Waals surface area (Å²) < 4.78 is 1.89. The first-order chi connectivity index (χ1) is 11.8. The van der Waals surface area contributed by atoms with Crippen LogP contribution in [0.25, 0.3) is 5.82 Å². The zero-order valence-electron chi connectivity index (χ0n) is 13.5. The van der Waals surface area contributed by atoms with E-state index in [1.165, 1.54) is 5.56 Å². The van der Waals surface area contributed by atoms with Crippen LogP contribution in [0.2, 0.25) is 0 Å². The smallest absolute Gasteiger partial charge is 0.191 e. The molecule has 0 unspecified atom stereocenters. The van der Waals surface area contributed by atoms with Crippen LogP contribution in [-0.4, -0.2) is 27.0 Å². The van der Waals surface area contributed by atoms with Crippen molar-refractivity contribution in [2.24, 2.45) is 4.99 Å². The Hall–Kier alpha value is -2.67. The Kier molecular flexibility index (Phi) is 5.57. The molecule has 0 saturated heterocycles. The largest absolute Gasteiger partial charge is 0.357 e. The van der Waals surface area contributed by atoms with Crippen molar-refractivity contribution in [1.82, 2.24) is 25.2 Å². The third-order valence-corrected chi connectivity index (χ3v) is 4.11. The van der Waals surface area contributed by atoms with E-state index in [1.807, 2.05) is 29.1 Å². The molecule has 0 aromatic carbocycles. The molecule has 0 radical (unpaired) electrons. The van der Waals surface area contributed by atoms with Gasteiger partial charge in [-0.15, -0.1) is 0 Å². The highest BCUT2D eigenvalue weighted by Gasteiger charge is 2.02. The molecule has 0 aliphatic carbocycles. The number of aliphatic imine (C=N–C) groups is 1. The second kappa shape index (κ2) is 8.26. The van der Waals surface area contributed by atoms with Crippen molar-refractivity contribution in [2.45, 2.75) is 20.0 Å². The maximum atomic E-state index is 4.61. The van der Waals surface area contributed by atoms with Crippen LogP contribution >= 0.6 is 11.3 Å². The number of guanidine groups is 1. The van der Waals surface area contributed by atoms with E-state index in [1.54, 1.807) is 23.9 Å². The van der Waals surface area contributed by atoms with Gasteiger partial charge >= 0.3 is 0 Å². The van der Waals surface area contributed by atoms with Crippen LogP contribution < -0.4 is 10.6 Å². The molecule has 0 aliphatic rings. The van der Waals surface area contributed by atoms with Crippen LogP contribution in [0.5, 0.6) is 0 Å². The predicted octanol–water partition coefficient (Wildman–Crippen LogP) is 2.58. The molecule has 0 saturated carbocycles. The first-order valence-corrected chi connectivity index (χ1v) is 8.76. The number of imidazole rings is 1. The van der Waals surface area contributed by atoms with E-state index >= 15 is 0 Å². The summed E-state index contributed by atoms with van der Waals surface area (Å²) in [6.07, 6.45) is 7.17. The summed E-state index contributed by atoms with van der Waals surface area (Å²) in [7, 11) is 0. The molecule has 24 heavy (non-hydrogen) atoms. The van der Waals surface area contributed by atoms with E-state index in [0.717, 1.165) is 23.9 Å². The fraction of sp³-hybridized carbons (Fsp3) is 0.235. The zero-order chi connectivity index (χ0) is 16.6. The zero-order valence-corrected chi connectivity index (χ0v) is 14.3. The molecule has 3 heterocycles. The minimum absolute atomic E-state index is 0.676. The number of hydrogen-bond acceptors (Lipinski definition) is 4. The number of hydrogen-bond donors (Lipinski definition) is 2. The Morgan fingerprint density at radius 2 is 2.21 bits per heavy atom. The van der Waals surface area contributed by atoms with Gasteiger partial charge in [0.05, 0.1) is 6.54 Å². The molecule has 0 spiro atoms. The molecule has 2 N–H and O–H groups in total. The summed E-state index contributed by atoms with van der Waals surface area (Å²) in [6.45, 7) is 4.24. The number of pyridine rings is 1. The van der Waals surface area contributed by atoms with E-state index in [4.69, 9.17) is 0 Å². The van der Waals surface area contributed by atoms with Gasteiger partial charge in [-0.1, -0.05) is 0 Å². The maximum Gasteiger partial charge on any atom is 0.191 e. The third-order valence-electron chi connectivity index (χ3n) is 3.38. The second-order valence-electron chi connectivity index (χ2n) is 5.17. The Bertz CT molecular complexity index is 764. The molecule has 0 aliphatic heterocycles. The number of rotatable bonds is 6. The first-order valence-electron chi connectivity index (χ1n) is 7.81. The lowest BCUT2D eigenvalue weighted by atomic mass is 10.2. The van der Waals surface area contributed by atoms with Gasteiger partial charge < -0.3 is 10.6 Å². The van der Waals surface area contributed by atoms with Crippen molar-refractivity contribution in [3.05, 3.63) is 65.0 Å². The van der Waals surface area contributed by atoms with Crippen molar-refractivity contribution in [1.29, 1.82) is 0 Å². The van der Waals surface area contributed by atoms with Crippen LogP contribution in [0, 0.1) is 0 Å². The molecule has 6 nitrogen and oxygen atoms in total. The first kappa shape index (κ1) is 16.2. The highest BCUT2D eigenvalue weighted by molar-refractivity contribution is 7.07. The lowest BCUT2D eigenvalue weighted by Crippen LogP contribution is -2.36. The molecule has 0 bridgehead atoms. The molecule has 3 rings (SSSR count). The van der Waals surface area contributed by atoms with Gasteiger partial charge in [-0.3, -0.25) is 4.57 Å². The van der Waals surface area contributed by atoms with Gasteiger partial charge in [0.15, 0.2) is 5.96 Å². The van der Waals surface area contributed by atoms with Crippen LogP contribution in [0.1, 0.15) is 18.1 Å². The monoisotopic (exact) mass is 340 g/mol. The van der Waals surface area contributed by atoms with Crippen LogP contribution in [-0.2, 0) is 13.1 Å². The predicted molar refractivity (Wildman–Crippen MR) is 97.3 cm³/mol. The standard InChI is InChI=1S/C17H20N6S/c1-2-19-17(22-11-15-4-8-24-12-15)21-10-14-3-5-20-16(9-14)23-7-6-18-13-23/h3-9,12-13H,2,10-11H2,1H3,(H2,19,21,22). The Balaban J connectivity index is 1.64. The minimum atomic E-state index is 0.676. The van der Waals surface area contributed by atoms with Gasteiger partial charge in [-0.05, 0) is 47.0 Å². The Labute approximate surface area is 145 Å². The van der Waals surface area contributed by atoms with Crippen molar-refractivity contribution in [3.63, 3.8) is 0 Å². The number of nitrogens with zero attached hydrogens (tertiary/aromatic N) is 4. The molecular formula is C17H20N6S. The average molecular weight is 340 g/mol. The van der Waals surface area contributed by atoms with Crippen molar-refractivity contribution in [3.8, 4) is 5.82 Å². The quantitative estimate of drug-likeness (QED) is 0.535. The topological polar surface area (TPSA) is 67.1 Å². The summed E-state index contributed by atoms with van der Waals surface area (Å²) in [6, 6.07) is 6.13. The molecule has 3 aromatic heterocycles. The molecule has 7 heteroatoms. The van der Waals surface area contributed by atoms with Crippen LogP contribution in [0.15, 0.2) is 58.9 Å². The van der Waals surface area contributed by atoms with E-state index in [0.29, 0.717) is 13.1 Å². The van der Waals surface area contributed by atoms with E-state index in [2.05, 4.69) is 49.3 Å². The summed E-state index contributed by atoms with van der Waals surface area (Å²) >= 11 is 1.69. The second-order valence-corrected chi connectivity index (χ2v) is 5.95. The highest BCUT2D eigenvalue weighted by atomic mass is 32.1. The highest BCUT2D eigenvalue weighted by Crippen LogP contribution is 2.08. The molecule has 0 fully saturated rings. The van der Waals surface area contributed by atoms with E-state index in [9.17, 15) is 0 Å². The Morgan fingerprint density at radius 1 is 1.25 bits per heavy atom. The maximum absolute atomic E-state index is 4.61. The third kappa shape index (κ3) is 4.42. The molecule has 124 valence electrons. The average Bonchev–Trinajstić information content (AvgIpc) is 3.31. The summed E-state index contributed by atoms with van der Waals surface area (Å²) in [5, 5.41) is 10.8. The molecule has 3 aromatic rings. The van der Waals surface area contributed by atoms with Crippen molar-refractivity contribution >= 4 is 17.3 Å². The number of nitrogens with one attached hydrogen (secondary N) is 2. The fourth-order valence-corrected chi connectivity index (χ4v) is 2.85. The fourth-order valence-electron chi connectivity index (χ4n) is 2.19. The van der Waals surface area contributed by atoms with Gasteiger partial charge in [0.2, 0.25) is 0 Å². The minimum Gasteiger partial charge on any atom is -0.357 e. The SMILES string of the molecule is CCNC(=NCc1ccsc1)NCc1ccnc(-n2ccnc2)c1. The normalized spacial score (nSPS) is 11.5. The van der Waals surface area contributed by atoms with Crippen molar-refractivity contribution < 1.29 is 0 Å². The molecule has 0 atom stereocenters. The summed E-state index contributed by atoms with van der Waals surface area (Å²) in [4.78, 5) is 13.0. The van der Waals surface area contributed by atoms with Crippen LogP contribution in [0.3, 0.4) is 0 Å². The Morgan fingerprint density at radius 3 is 2.96 bits per heavy atom. The lowest BCUT2D eigenvalue weighted by molar-refractivity contribution is 0.813. The van der Waals surface area contributed by atoms with E-state index in [-0.39, 0.29) is 0 Å². The number of thiophene rings is 1. The number of aromatic nitrogens is 3. The molecule has 0 amide bonds. The summed E-state index contributed by atoms with van der Waals surface area (Å²) in [5.74, 6) is 1.66. The lowest BCUT2D eigenvalue weighted by Gasteiger charge is -2.12. The van der Waals surface area contributed by atoms with Gasteiger partial charge in [0.1, 0.15) is 12.1 Å². The summed E-state index contributed by atoms with van der Waals surface area (Å²) in [5.41, 5.74) is 2.36.